The van der Waals surface area contributed by atoms with E-state index in [1.165, 1.54) is 0 Å². The lowest BCUT2D eigenvalue weighted by atomic mass is 10.1. The molecule has 0 amide bonds. The monoisotopic (exact) mass is 337 g/mol. The Labute approximate surface area is 143 Å². The fourth-order valence-corrected chi connectivity index (χ4v) is 2.59. The van der Waals surface area contributed by atoms with Gasteiger partial charge in [0.25, 0.3) is 0 Å². The minimum absolute atomic E-state index is 0.0425. The highest BCUT2D eigenvalue weighted by Gasteiger charge is 2.15. The minimum Gasteiger partial charge on any atom is -0.377 e. The second kappa shape index (κ2) is 9.59. The van der Waals surface area contributed by atoms with Gasteiger partial charge in [-0.05, 0) is 43.9 Å². The smallest absolute Gasteiger partial charge is 0.191 e. The summed E-state index contributed by atoms with van der Waals surface area (Å²) in [6, 6.07) is 5.23. The van der Waals surface area contributed by atoms with Gasteiger partial charge in [0.2, 0.25) is 0 Å². The van der Waals surface area contributed by atoms with Crippen LogP contribution in [-0.4, -0.2) is 45.5 Å². The molecule has 0 spiro atoms. The third kappa shape index (κ3) is 5.76. The standard InChI is InChI=1S/C18H28FN3O2/c1-13-6-7-15(11-17(13)19)14(2)22-18(20-3)21-8-10-23-12-16-5-4-9-24-16/h6-7,11,14,16H,4-5,8-10,12H2,1-3H3,(H2,20,21,22). The van der Waals surface area contributed by atoms with Crippen molar-refractivity contribution in [3.05, 3.63) is 35.1 Å². The second-order valence-corrected chi connectivity index (χ2v) is 6.08. The van der Waals surface area contributed by atoms with Gasteiger partial charge in [-0.25, -0.2) is 4.39 Å². The Morgan fingerprint density at radius 3 is 3.00 bits per heavy atom. The van der Waals surface area contributed by atoms with E-state index in [0.717, 1.165) is 25.0 Å². The van der Waals surface area contributed by atoms with Crippen LogP contribution in [0.4, 0.5) is 4.39 Å². The van der Waals surface area contributed by atoms with Gasteiger partial charge < -0.3 is 20.1 Å². The molecule has 0 bridgehead atoms. The van der Waals surface area contributed by atoms with Crippen LogP contribution in [0.2, 0.25) is 0 Å². The molecular formula is C18H28FN3O2. The Balaban J connectivity index is 1.70. The highest BCUT2D eigenvalue weighted by Crippen LogP contribution is 2.16. The van der Waals surface area contributed by atoms with Crippen molar-refractivity contribution in [1.29, 1.82) is 0 Å². The van der Waals surface area contributed by atoms with Gasteiger partial charge >= 0.3 is 0 Å². The van der Waals surface area contributed by atoms with Crippen LogP contribution >= 0.6 is 0 Å². The van der Waals surface area contributed by atoms with E-state index in [0.29, 0.717) is 31.3 Å². The zero-order valence-electron chi connectivity index (χ0n) is 14.8. The van der Waals surface area contributed by atoms with Crippen molar-refractivity contribution in [2.45, 2.75) is 38.8 Å². The number of hydrogen-bond acceptors (Lipinski definition) is 3. The molecule has 1 aromatic carbocycles. The van der Waals surface area contributed by atoms with Crippen LogP contribution in [0, 0.1) is 12.7 Å². The Hall–Kier alpha value is -1.66. The normalized spacial score (nSPS) is 19.3. The third-order valence-corrected chi connectivity index (χ3v) is 4.14. The van der Waals surface area contributed by atoms with Gasteiger partial charge in [0.1, 0.15) is 5.82 Å². The summed E-state index contributed by atoms with van der Waals surface area (Å²) in [5, 5.41) is 6.45. The lowest BCUT2D eigenvalue weighted by molar-refractivity contribution is 0.0191. The van der Waals surface area contributed by atoms with Crippen molar-refractivity contribution in [2.75, 3.05) is 33.4 Å². The Bertz CT molecular complexity index is 545. The summed E-state index contributed by atoms with van der Waals surface area (Å²) in [5.41, 5.74) is 1.53. The van der Waals surface area contributed by atoms with Crippen LogP contribution in [0.1, 0.15) is 36.9 Å². The predicted octanol–water partition coefficient (Wildman–Crippen LogP) is 2.56. The lowest BCUT2D eigenvalue weighted by Gasteiger charge is -2.19. The van der Waals surface area contributed by atoms with E-state index in [-0.39, 0.29) is 18.0 Å². The number of guanidine groups is 1. The topological polar surface area (TPSA) is 54.9 Å². The van der Waals surface area contributed by atoms with Crippen molar-refractivity contribution in [3.63, 3.8) is 0 Å². The first-order valence-corrected chi connectivity index (χ1v) is 8.52. The molecule has 0 aliphatic carbocycles. The summed E-state index contributed by atoms with van der Waals surface area (Å²) in [6.45, 7) is 6.47. The van der Waals surface area contributed by atoms with Crippen molar-refractivity contribution in [2.24, 2.45) is 4.99 Å². The largest absolute Gasteiger partial charge is 0.377 e. The van der Waals surface area contributed by atoms with Crippen LogP contribution < -0.4 is 10.6 Å². The van der Waals surface area contributed by atoms with E-state index < -0.39 is 0 Å². The molecule has 1 aliphatic heterocycles. The maximum Gasteiger partial charge on any atom is 0.191 e. The molecule has 1 heterocycles. The molecule has 1 aromatic rings. The average molecular weight is 337 g/mol. The number of nitrogens with zero attached hydrogens (tertiary/aromatic N) is 1. The van der Waals surface area contributed by atoms with Crippen LogP contribution in [0.5, 0.6) is 0 Å². The van der Waals surface area contributed by atoms with Gasteiger partial charge in [-0.1, -0.05) is 12.1 Å². The average Bonchev–Trinajstić information content (AvgIpc) is 3.09. The zero-order chi connectivity index (χ0) is 17.4. The number of rotatable bonds is 7. The van der Waals surface area contributed by atoms with Crippen LogP contribution in [0.25, 0.3) is 0 Å². The van der Waals surface area contributed by atoms with E-state index in [9.17, 15) is 4.39 Å². The molecular weight excluding hydrogens is 309 g/mol. The van der Waals surface area contributed by atoms with E-state index in [1.807, 2.05) is 13.0 Å². The van der Waals surface area contributed by atoms with Crippen molar-refractivity contribution in [3.8, 4) is 0 Å². The number of aryl methyl sites for hydroxylation is 1. The summed E-state index contributed by atoms with van der Waals surface area (Å²) in [6.07, 6.45) is 2.46. The molecule has 1 saturated heterocycles. The number of nitrogens with one attached hydrogen (secondary N) is 2. The fourth-order valence-electron chi connectivity index (χ4n) is 2.59. The molecule has 2 atom stereocenters. The molecule has 6 heteroatoms. The second-order valence-electron chi connectivity index (χ2n) is 6.08. The van der Waals surface area contributed by atoms with Crippen molar-refractivity contribution in [1.82, 2.24) is 10.6 Å². The quantitative estimate of drug-likeness (QED) is 0.456. The molecule has 0 radical (unpaired) electrons. The number of ether oxygens (including phenoxy) is 2. The van der Waals surface area contributed by atoms with E-state index in [1.54, 1.807) is 26.1 Å². The van der Waals surface area contributed by atoms with Crippen LogP contribution in [0.3, 0.4) is 0 Å². The first-order chi connectivity index (χ1) is 11.6. The maximum atomic E-state index is 13.7. The zero-order valence-corrected chi connectivity index (χ0v) is 14.8. The SMILES string of the molecule is CN=C(NCCOCC1CCCO1)NC(C)c1ccc(C)c(F)c1. The molecule has 2 unspecified atom stereocenters. The molecule has 5 nitrogen and oxygen atoms in total. The highest BCUT2D eigenvalue weighted by atomic mass is 19.1. The molecule has 1 aliphatic rings. The number of aliphatic imine (C=N–C) groups is 1. The number of benzene rings is 1. The van der Waals surface area contributed by atoms with Gasteiger partial charge in [0.05, 0.1) is 25.4 Å². The van der Waals surface area contributed by atoms with Crippen LogP contribution in [-0.2, 0) is 9.47 Å². The Morgan fingerprint density at radius 1 is 1.50 bits per heavy atom. The van der Waals surface area contributed by atoms with Crippen molar-refractivity contribution < 1.29 is 13.9 Å². The summed E-state index contributed by atoms with van der Waals surface area (Å²) in [7, 11) is 1.71. The molecule has 0 saturated carbocycles. The molecule has 134 valence electrons. The molecule has 24 heavy (non-hydrogen) atoms. The molecule has 1 fully saturated rings. The summed E-state index contributed by atoms with van der Waals surface area (Å²) < 4.78 is 24.8. The third-order valence-electron chi connectivity index (χ3n) is 4.14. The molecule has 2 rings (SSSR count). The molecule has 0 aromatic heterocycles. The first kappa shape index (κ1) is 18.7. The Morgan fingerprint density at radius 2 is 2.33 bits per heavy atom. The highest BCUT2D eigenvalue weighted by molar-refractivity contribution is 5.80. The van der Waals surface area contributed by atoms with Gasteiger partial charge in [0, 0.05) is 20.2 Å². The summed E-state index contributed by atoms with van der Waals surface area (Å²) >= 11 is 0. The number of halogens is 1. The molecule has 2 N–H and O–H groups in total. The van der Waals surface area contributed by atoms with Gasteiger partial charge in [-0.2, -0.15) is 0 Å². The van der Waals surface area contributed by atoms with E-state index in [2.05, 4.69) is 15.6 Å². The maximum absolute atomic E-state index is 13.7. The predicted molar refractivity (Wildman–Crippen MR) is 93.8 cm³/mol. The van der Waals surface area contributed by atoms with E-state index in [4.69, 9.17) is 9.47 Å². The van der Waals surface area contributed by atoms with Crippen molar-refractivity contribution >= 4 is 5.96 Å². The summed E-state index contributed by atoms with van der Waals surface area (Å²) in [4.78, 5) is 4.19. The Kier molecular flexibility index (Phi) is 7.46. The van der Waals surface area contributed by atoms with E-state index >= 15 is 0 Å². The van der Waals surface area contributed by atoms with Gasteiger partial charge in [-0.3, -0.25) is 4.99 Å². The lowest BCUT2D eigenvalue weighted by Crippen LogP contribution is -2.40. The van der Waals surface area contributed by atoms with Crippen LogP contribution in [0.15, 0.2) is 23.2 Å². The fraction of sp³-hybridized carbons (Fsp3) is 0.611. The number of hydrogen-bond donors (Lipinski definition) is 2. The summed E-state index contributed by atoms with van der Waals surface area (Å²) in [5.74, 6) is 0.482. The van der Waals surface area contributed by atoms with Gasteiger partial charge in [-0.15, -0.1) is 0 Å². The van der Waals surface area contributed by atoms with Gasteiger partial charge in [0.15, 0.2) is 5.96 Å². The first-order valence-electron chi connectivity index (χ1n) is 8.52. The minimum atomic E-state index is -0.188.